The van der Waals surface area contributed by atoms with Crippen molar-refractivity contribution in [3.05, 3.63) is 83.3 Å². The van der Waals surface area contributed by atoms with Crippen LogP contribution in [-0.2, 0) is 10.2 Å². The smallest absolute Gasteiger partial charge is 0.338 e. The standard InChI is InChI=1S/C28H28FNO2/c1-18(2)20-4-6-24-21(16-20)5-7-25(30-24)27-8-11-28(12-9-27,13-10-27)32-26(31)22-14-19(3)15-23(29)17-22/h4-7,14-17H,1,8-13H2,2-3H3. The highest BCUT2D eigenvalue weighted by Gasteiger charge is 2.52. The molecule has 6 rings (SSSR count). The lowest BCUT2D eigenvalue weighted by Gasteiger charge is -2.52. The van der Waals surface area contributed by atoms with Gasteiger partial charge in [-0.25, -0.2) is 9.18 Å². The van der Waals surface area contributed by atoms with Crippen LogP contribution in [0.3, 0.4) is 0 Å². The van der Waals surface area contributed by atoms with Gasteiger partial charge in [-0.3, -0.25) is 4.98 Å². The van der Waals surface area contributed by atoms with E-state index >= 15 is 0 Å². The molecule has 0 N–H and O–H groups in total. The minimum absolute atomic E-state index is 0.0464. The lowest BCUT2D eigenvalue weighted by Crippen LogP contribution is -2.50. The molecule has 0 saturated heterocycles. The number of hydrogen-bond donors (Lipinski definition) is 0. The molecule has 2 bridgehead atoms. The molecular formula is C28H28FNO2. The Kier molecular flexibility index (Phi) is 4.92. The fourth-order valence-electron chi connectivity index (χ4n) is 5.48. The molecule has 3 fully saturated rings. The van der Waals surface area contributed by atoms with Gasteiger partial charge in [0.05, 0.1) is 11.1 Å². The molecule has 1 heterocycles. The van der Waals surface area contributed by atoms with E-state index in [1.54, 1.807) is 13.0 Å². The van der Waals surface area contributed by atoms with Crippen molar-refractivity contribution in [1.82, 2.24) is 4.98 Å². The summed E-state index contributed by atoms with van der Waals surface area (Å²) in [7, 11) is 0. The molecule has 0 aliphatic heterocycles. The quantitative estimate of drug-likeness (QED) is 0.423. The van der Waals surface area contributed by atoms with E-state index < -0.39 is 17.4 Å². The molecule has 3 saturated carbocycles. The lowest BCUT2D eigenvalue weighted by atomic mass is 9.57. The van der Waals surface area contributed by atoms with Gasteiger partial charge in [-0.15, -0.1) is 0 Å². The van der Waals surface area contributed by atoms with E-state index in [1.807, 2.05) is 6.92 Å². The SMILES string of the molecule is C=C(C)c1ccc2nc(C34CCC(OC(=O)c5cc(C)cc(F)c5)(CC3)CC4)ccc2c1. The molecule has 0 amide bonds. The summed E-state index contributed by atoms with van der Waals surface area (Å²) in [6.45, 7) is 7.83. The van der Waals surface area contributed by atoms with Crippen LogP contribution < -0.4 is 0 Å². The Morgan fingerprint density at radius 3 is 2.34 bits per heavy atom. The minimum Gasteiger partial charge on any atom is -0.455 e. The van der Waals surface area contributed by atoms with Crippen molar-refractivity contribution in [3.8, 4) is 0 Å². The zero-order valence-corrected chi connectivity index (χ0v) is 18.7. The second-order valence-corrected chi connectivity index (χ2v) is 9.75. The molecule has 2 aromatic carbocycles. The van der Waals surface area contributed by atoms with Crippen LogP contribution in [0.1, 0.15) is 72.6 Å². The number of pyridine rings is 1. The number of aryl methyl sites for hydroxylation is 1. The number of benzene rings is 2. The Balaban J connectivity index is 1.34. The van der Waals surface area contributed by atoms with Crippen molar-refractivity contribution in [1.29, 1.82) is 0 Å². The summed E-state index contributed by atoms with van der Waals surface area (Å²) in [5.41, 5.74) is 4.97. The Labute approximate surface area is 188 Å². The number of esters is 1. The van der Waals surface area contributed by atoms with E-state index in [4.69, 9.17) is 9.72 Å². The summed E-state index contributed by atoms with van der Waals surface area (Å²) in [6.07, 6.45) is 5.31. The molecule has 0 radical (unpaired) electrons. The highest BCUT2D eigenvalue weighted by molar-refractivity contribution is 5.90. The summed E-state index contributed by atoms with van der Waals surface area (Å²) in [4.78, 5) is 17.8. The average molecular weight is 430 g/mol. The molecule has 0 atom stereocenters. The van der Waals surface area contributed by atoms with E-state index in [0.717, 1.165) is 71.8 Å². The number of aromatic nitrogens is 1. The Morgan fingerprint density at radius 1 is 0.969 bits per heavy atom. The molecule has 32 heavy (non-hydrogen) atoms. The van der Waals surface area contributed by atoms with Crippen LogP contribution in [0.5, 0.6) is 0 Å². The average Bonchev–Trinajstić information content (AvgIpc) is 2.78. The first-order valence-electron chi connectivity index (χ1n) is 11.4. The Bertz CT molecular complexity index is 1200. The number of carbonyl (C=O) groups is 1. The van der Waals surface area contributed by atoms with E-state index in [-0.39, 0.29) is 5.41 Å². The predicted molar refractivity (Wildman–Crippen MR) is 125 cm³/mol. The summed E-state index contributed by atoms with van der Waals surface area (Å²) < 4.78 is 19.8. The summed E-state index contributed by atoms with van der Waals surface area (Å²) in [6, 6.07) is 15.0. The number of rotatable bonds is 4. The van der Waals surface area contributed by atoms with Crippen LogP contribution in [0.4, 0.5) is 4.39 Å². The topological polar surface area (TPSA) is 39.2 Å². The van der Waals surface area contributed by atoms with Gasteiger partial charge in [0.1, 0.15) is 11.4 Å². The van der Waals surface area contributed by atoms with Crippen molar-refractivity contribution < 1.29 is 13.9 Å². The molecule has 0 spiro atoms. The summed E-state index contributed by atoms with van der Waals surface area (Å²) >= 11 is 0. The van der Waals surface area contributed by atoms with Crippen molar-refractivity contribution in [3.63, 3.8) is 0 Å². The van der Waals surface area contributed by atoms with Crippen LogP contribution in [-0.4, -0.2) is 16.6 Å². The number of fused-ring (bicyclic) bond motifs is 4. The Morgan fingerprint density at radius 2 is 1.69 bits per heavy atom. The van der Waals surface area contributed by atoms with Crippen LogP contribution in [0.2, 0.25) is 0 Å². The molecule has 3 aliphatic carbocycles. The number of ether oxygens (including phenoxy) is 1. The summed E-state index contributed by atoms with van der Waals surface area (Å²) in [5.74, 6) is -0.822. The maximum absolute atomic E-state index is 13.7. The largest absolute Gasteiger partial charge is 0.455 e. The number of halogens is 1. The van der Waals surface area contributed by atoms with Gasteiger partial charge in [0.15, 0.2) is 0 Å². The van der Waals surface area contributed by atoms with Crippen molar-refractivity contribution in [2.75, 3.05) is 0 Å². The van der Waals surface area contributed by atoms with Gasteiger partial charge in [-0.2, -0.15) is 0 Å². The maximum Gasteiger partial charge on any atom is 0.338 e. The first kappa shape index (κ1) is 20.9. The normalized spacial score (nSPS) is 24.5. The highest BCUT2D eigenvalue weighted by atomic mass is 19.1. The van der Waals surface area contributed by atoms with Crippen LogP contribution in [0, 0.1) is 12.7 Å². The molecule has 164 valence electrons. The second kappa shape index (κ2) is 7.54. The predicted octanol–water partition coefficient (Wildman–Crippen LogP) is 6.92. The van der Waals surface area contributed by atoms with Crippen LogP contribution in [0.25, 0.3) is 16.5 Å². The molecule has 3 aliphatic rings. The van der Waals surface area contributed by atoms with Gasteiger partial charge in [0.2, 0.25) is 0 Å². The molecule has 3 aromatic rings. The van der Waals surface area contributed by atoms with Gasteiger partial charge in [0, 0.05) is 16.5 Å². The van der Waals surface area contributed by atoms with Crippen molar-refractivity contribution in [2.45, 2.75) is 63.4 Å². The van der Waals surface area contributed by atoms with Gasteiger partial charge < -0.3 is 4.74 Å². The fraction of sp³-hybridized carbons (Fsp3) is 0.357. The Hall–Kier alpha value is -3.01. The molecule has 1 aromatic heterocycles. The van der Waals surface area contributed by atoms with Crippen molar-refractivity contribution >= 4 is 22.4 Å². The maximum atomic E-state index is 13.7. The zero-order valence-electron chi connectivity index (χ0n) is 18.7. The third-order valence-electron chi connectivity index (χ3n) is 7.49. The molecule has 3 nitrogen and oxygen atoms in total. The number of nitrogens with zero attached hydrogens (tertiary/aromatic N) is 1. The second-order valence-electron chi connectivity index (χ2n) is 9.75. The third kappa shape index (κ3) is 3.62. The third-order valence-corrected chi connectivity index (χ3v) is 7.49. The van der Waals surface area contributed by atoms with E-state index in [2.05, 4.69) is 36.9 Å². The van der Waals surface area contributed by atoms with Gasteiger partial charge >= 0.3 is 5.97 Å². The van der Waals surface area contributed by atoms with E-state index in [9.17, 15) is 9.18 Å². The zero-order chi connectivity index (χ0) is 22.5. The van der Waals surface area contributed by atoms with E-state index in [0.29, 0.717) is 5.56 Å². The lowest BCUT2D eigenvalue weighted by molar-refractivity contribution is -0.0845. The monoisotopic (exact) mass is 429 g/mol. The van der Waals surface area contributed by atoms with Crippen molar-refractivity contribution in [2.24, 2.45) is 0 Å². The van der Waals surface area contributed by atoms with Gasteiger partial charge in [-0.05, 0) is 99.9 Å². The number of carbonyl (C=O) groups excluding carboxylic acids is 1. The molecule has 4 heteroatoms. The first-order chi connectivity index (χ1) is 15.3. The van der Waals surface area contributed by atoms with Gasteiger partial charge in [-0.1, -0.05) is 24.3 Å². The molecular weight excluding hydrogens is 401 g/mol. The van der Waals surface area contributed by atoms with Crippen LogP contribution >= 0.6 is 0 Å². The number of allylic oxidation sites excluding steroid dienone is 1. The fourth-order valence-corrected chi connectivity index (χ4v) is 5.48. The first-order valence-corrected chi connectivity index (χ1v) is 11.4. The van der Waals surface area contributed by atoms with Crippen LogP contribution in [0.15, 0.2) is 55.1 Å². The highest BCUT2D eigenvalue weighted by Crippen LogP contribution is 2.55. The van der Waals surface area contributed by atoms with Gasteiger partial charge in [0.25, 0.3) is 0 Å². The molecule has 0 unspecified atom stereocenters. The number of hydrogen-bond acceptors (Lipinski definition) is 3. The van der Waals surface area contributed by atoms with E-state index in [1.165, 1.54) is 12.1 Å². The summed E-state index contributed by atoms with van der Waals surface area (Å²) in [5, 5.41) is 1.13. The minimum atomic E-state index is -0.438.